The van der Waals surface area contributed by atoms with E-state index in [0.717, 1.165) is 6.08 Å². The van der Waals surface area contributed by atoms with Crippen LogP contribution in [0.4, 0.5) is 0 Å². The maximum absolute atomic E-state index is 9.96. The van der Waals surface area contributed by atoms with Gasteiger partial charge in [-0.15, -0.1) is 0 Å². The molecule has 0 radical (unpaired) electrons. The van der Waals surface area contributed by atoms with Gasteiger partial charge in [0.25, 0.3) is 0 Å². The second-order valence-electron chi connectivity index (χ2n) is 2.38. The molecule has 58 valence electrons. The summed E-state index contributed by atoms with van der Waals surface area (Å²) in [5, 5.41) is 17.4. The fourth-order valence-electron chi connectivity index (χ4n) is 0.369. The molecule has 0 aliphatic carbocycles. The summed E-state index contributed by atoms with van der Waals surface area (Å²) in [5.41, 5.74) is -0.988. The van der Waals surface area contributed by atoms with E-state index in [-0.39, 0.29) is 0 Å². The minimum atomic E-state index is -1.03. The van der Waals surface area contributed by atoms with Crippen LogP contribution in [0.5, 0.6) is 0 Å². The van der Waals surface area contributed by atoms with Crippen molar-refractivity contribution < 1.29 is 15.0 Å². The summed E-state index contributed by atoms with van der Waals surface area (Å²) in [4.78, 5) is 9.96. The second-order valence-corrected chi connectivity index (χ2v) is 2.38. The van der Waals surface area contributed by atoms with Crippen LogP contribution >= 0.6 is 0 Å². The van der Waals surface area contributed by atoms with E-state index in [1.54, 1.807) is 13.8 Å². The fourth-order valence-corrected chi connectivity index (χ4v) is 0.369. The molecular weight excluding hydrogens is 132 g/mol. The van der Waals surface area contributed by atoms with E-state index in [1.165, 1.54) is 6.08 Å². The fraction of sp³-hybridized carbons (Fsp3) is 0.571. The SMILES string of the molecule is CCC(C)(O)C=CC(=O)O. The number of hydrogen-bond acceptors (Lipinski definition) is 2. The molecular formula is C7H12O3. The summed E-state index contributed by atoms with van der Waals surface area (Å²) in [5.74, 6) is -1.03. The quantitative estimate of drug-likeness (QED) is 0.576. The Bertz CT molecular complexity index is 147. The summed E-state index contributed by atoms with van der Waals surface area (Å²) >= 11 is 0. The molecule has 1 atom stereocenters. The number of aliphatic hydroxyl groups is 1. The number of hydrogen-bond donors (Lipinski definition) is 2. The van der Waals surface area contributed by atoms with Crippen molar-refractivity contribution in [2.45, 2.75) is 25.9 Å². The lowest BCUT2D eigenvalue weighted by molar-refractivity contribution is -0.131. The third kappa shape index (κ3) is 4.09. The lowest BCUT2D eigenvalue weighted by atomic mass is 10.0. The highest BCUT2D eigenvalue weighted by molar-refractivity contribution is 5.79. The van der Waals surface area contributed by atoms with Crippen molar-refractivity contribution in [2.24, 2.45) is 0 Å². The van der Waals surface area contributed by atoms with Crippen LogP contribution < -0.4 is 0 Å². The van der Waals surface area contributed by atoms with Gasteiger partial charge in [-0.05, 0) is 19.4 Å². The van der Waals surface area contributed by atoms with Crippen LogP contribution in [0, 0.1) is 0 Å². The molecule has 3 nitrogen and oxygen atoms in total. The highest BCUT2D eigenvalue weighted by Crippen LogP contribution is 2.08. The van der Waals surface area contributed by atoms with E-state index < -0.39 is 11.6 Å². The minimum absolute atomic E-state index is 0.511. The van der Waals surface area contributed by atoms with Gasteiger partial charge in [-0.2, -0.15) is 0 Å². The van der Waals surface area contributed by atoms with Gasteiger partial charge in [0.15, 0.2) is 0 Å². The average Bonchev–Trinajstić information content (AvgIpc) is 1.85. The van der Waals surface area contributed by atoms with Crippen LogP contribution in [0.25, 0.3) is 0 Å². The molecule has 0 amide bonds. The molecule has 0 saturated carbocycles. The first-order valence-electron chi connectivity index (χ1n) is 3.12. The second kappa shape index (κ2) is 3.37. The highest BCUT2D eigenvalue weighted by Gasteiger charge is 2.12. The van der Waals surface area contributed by atoms with Crippen molar-refractivity contribution in [3.05, 3.63) is 12.2 Å². The van der Waals surface area contributed by atoms with Gasteiger partial charge in [-0.1, -0.05) is 6.92 Å². The molecule has 0 bridgehead atoms. The molecule has 3 heteroatoms. The first-order valence-corrected chi connectivity index (χ1v) is 3.12. The van der Waals surface area contributed by atoms with Crippen LogP contribution in [0.3, 0.4) is 0 Å². The summed E-state index contributed by atoms with van der Waals surface area (Å²) in [6.07, 6.45) is 2.73. The van der Waals surface area contributed by atoms with Crippen molar-refractivity contribution in [1.29, 1.82) is 0 Å². The van der Waals surface area contributed by atoms with E-state index in [0.29, 0.717) is 6.42 Å². The lowest BCUT2D eigenvalue weighted by Crippen LogP contribution is -2.19. The van der Waals surface area contributed by atoms with E-state index >= 15 is 0 Å². The van der Waals surface area contributed by atoms with Gasteiger partial charge in [0.05, 0.1) is 5.60 Å². The molecule has 0 aliphatic rings. The van der Waals surface area contributed by atoms with Gasteiger partial charge in [0, 0.05) is 6.08 Å². The van der Waals surface area contributed by atoms with Gasteiger partial charge >= 0.3 is 5.97 Å². The normalized spacial score (nSPS) is 17.1. The average molecular weight is 144 g/mol. The van der Waals surface area contributed by atoms with Gasteiger partial charge in [0.2, 0.25) is 0 Å². The predicted octanol–water partition coefficient (Wildman–Crippen LogP) is 0.788. The predicted molar refractivity (Wildman–Crippen MR) is 37.7 cm³/mol. The Morgan fingerprint density at radius 1 is 1.70 bits per heavy atom. The molecule has 0 aliphatic heterocycles. The molecule has 0 aromatic heterocycles. The number of aliphatic carboxylic acids is 1. The van der Waals surface area contributed by atoms with Crippen molar-refractivity contribution in [3.8, 4) is 0 Å². The van der Waals surface area contributed by atoms with Crippen molar-refractivity contribution in [3.63, 3.8) is 0 Å². The zero-order valence-corrected chi connectivity index (χ0v) is 6.16. The molecule has 0 aromatic rings. The Morgan fingerprint density at radius 3 is 2.50 bits per heavy atom. The smallest absolute Gasteiger partial charge is 0.328 e. The maximum atomic E-state index is 9.96. The Balaban J connectivity index is 3.99. The number of carbonyl (C=O) groups is 1. The Hall–Kier alpha value is -0.830. The number of carboxylic acids is 1. The van der Waals surface area contributed by atoms with Crippen LogP contribution in [0.1, 0.15) is 20.3 Å². The molecule has 2 N–H and O–H groups in total. The van der Waals surface area contributed by atoms with E-state index in [1.807, 2.05) is 0 Å². The van der Waals surface area contributed by atoms with E-state index in [9.17, 15) is 9.90 Å². The van der Waals surface area contributed by atoms with Crippen molar-refractivity contribution >= 4 is 5.97 Å². The molecule has 0 spiro atoms. The highest BCUT2D eigenvalue weighted by atomic mass is 16.4. The Kier molecular flexibility index (Phi) is 3.09. The summed E-state index contributed by atoms with van der Waals surface area (Å²) < 4.78 is 0. The Labute approximate surface area is 60.0 Å². The third-order valence-corrected chi connectivity index (χ3v) is 1.30. The summed E-state index contributed by atoms with van der Waals surface area (Å²) in [6.45, 7) is 3.35. The molecule has 0 aromatic carbocycles. The topological polar surface area (TPSA) is 57.5 Å². The molecule has 0 saturated heterocycles. The number of carboxylic acid groups (broad SMARTS) is 1. The lowest BCUT2D eigenvalue weighted by Gasteiger charge is -2.14. The maximum Gasteiger partial charge on any atom is 0.328 e. The van der Waals surface area contributed by atoms with Gasteiger partial charge in [-0.3, -0.25) is 0 Å². The molecule has 0 fully saturated rings. The zero-order chi connectivity index (χ0) is 8.20. The Morgan fingerprint density at radius 2 is 2.20 bits per heavy atom. The monoisotopic (exact) mass is 144 g/mol. The van der Waals surface area contributed by atoms with Crippen LogP contribution in [-0.2, 0) is 4.79 Å². The first-order chi connectivity index (χ1) is 4.48. The van der Waals surface area contributed by atoms with Crippen molar-refractivity contribution in [1.82, 2.24) is 0 Å². The standard InChI is InChI=1S/C7H12O3/c1-3-7(2,10)5-4-6(8)9/h4-5,10H,3H2,1-2H3,(H,8,9). The van der Waals surface area contributed by atoms with Gasteiger partial charge in [-0.25, -0.2) is 4.79 Å². The van der Waals surface area contributed by atoms with Crippen molar-refractivity contribution in [2.75, 3.05) is 0 Å². The van der Waals surface area contributed by atoms with Crippen LogP contribution in [0.2, 0.25) is 0 Å². The molecule has 0 heterocycles. The first kappa shape index (κ1) is 9.17. The van der Waals surface area contributed by atoms with Crippen LogP contribution in [0.15, 0.2) is 12.2 Å². The molecule has 1 unspecified atom stereocenters. The summed E-state index contributed by atoms with van der Waals surface area (Å²) in [6, 6.07) is 0. The number of rotatable bonds is 3. The molecule has 10 heavy (non-hydrogen) atoms. The van der Waals surface area contributed by atoms with Gasteiger partial charge < -0.3 is 10.2 Å². The van der Waals surface area contributed by atoms with Gasteiger partial charge in [0.1, 0.15) is 0 Å². The summed E-state index contributed by atoms with van der Waals surface area (Å²) in [7, 11) is 0. The van der Waals surface area contributed by atoms with E-state index in [4.69, 9.17) is 5.11 Å². The van der Waals surface area contributed by atoms with E-state index in [2.05, 4.69) is 0 Å². The third-order valence-electron chi connectivity index (χ3n) is 1.30. The molecule has 0 rings (SSSR count). The minimum Gasteiger partial charge on any atom is -0.478 e. The largest absolute Gasteiger partial charge is 0.478 e. The zero-order valence-electron chi connectivity index (χ0n) is 6.16. The van der Waals surface area contributed by atoms with Crippen LogP contribution in [-0.4, -0.2) is 21.8 Å².